The number of aliphatic hydroxyl groups is 1. The average molecular weight is 197 g/mol. The molecule has 0 aromatic rings. The lowest BCUT2D eigenvalue weighted by Gasteiger charge is -2.49. The SMILES string of the molecule is CC(C)(C)N1C[C@H]2CCC[C@H](C1)C2O. The van der Waals surface area contributed by atoms with E-state index in [0.717, 1.165) is 13.1 Å². The van der Waals surface area contributed by atoms with Crippen LogP contribution in [0.1, 0.15) is 40.0 Å². The van der Waals surface area contributed by atoms with Crippen LogP contribution in [0, 0.1) is 11.8 Å². The van der Waals surface area contributed by atoms with Crippen LogP contribution in [0.15, 0.2) is 0 Å². The lowest BCUT2D eigenvalue weighted by molar-refractivity contribution is -0.0736. The molecule has 0 radical (unpaired) electrons. The van der Waals surface area contributed by atoms with Crippen LogP contribution in [0.25, 0.3) is 0 Å². The third kappa shape index (κ3) is 1.82. The first-order valence-corrected chi connectivity index (χ1v) is 5.91. The van der Waals surface area contributed by atoms with Gasteiger partial charge in [-0.3, -0.25) is 4.90 Å². The fraction of sp³-hybridized carbons (Fsp3) is 1.00. The Labute approximate surface area is 87.3 Å². The Morgan fingerprint density at radius 2 is 1.57 bits per heavy atom. The first-order chi connectivity index (χ1) is 6.48. The summed E-state index contributed by atoms with van der Waals surface area (Å²) in [5.41, 5.74) is 0.272. The smallest absolute Gasteiger partial charge is 0.0620 e. The molecule has 1 aliphatic carbocycles. The van der Waals surface area contributed by atoms with Gasteiger partial charge in [-0.2, -0.15) is 0 Å². The first kappa shape index (κ1) is 10.4. The van der Waals surface area contributed by atoms with E-state index in [2.05, 4.69) is 25.7 Å². The normalized spacial score (nSPS) is 39.9. The number of hydrogen-bond donors (Lipinski definition) is 1. The van der Waals surface area contributed by atoms with Crippen LogP contribution >= 0.6 is 0 Å². The van der Waals surface area contributed by atoms with E-state index in [-0.39, 0.29) is 11.6 Å². The van der Waals surface area contributed by atoms with Crippen LogP contribution in [0.2, 0.25) is 0 Å². The predicted octanol–water partition coefficient (Wildman–Crippen LogP) is 1.88. The molecule has 1 saturated carbocycles. The number of aliphatic hydroxyl groups excluding tert-OH is 1. The fourth-order valence-electron chi connectivity index (χ4n) is 2.96. The molecule has 1 aliphatic heterocycles. The molecular weight excluding hydrogens is 174 g/mol. The number of piperidine rings is 1. The summed E-state index contributed by atoms with van der Waals surface area (Å²) in [4.78, 5) is 2.55. The number of rotatable bonds is 0. The van der Waals surface area contributed by atoms with Gasteiger partial charge in [0, 0.05) is 18.6 Å². The van der Waals surface area contributed by atoms with Gasteiger partial charge in [-0.15, -0.1) is 0 Å². The summed E-state index contributed by atoms with van der Waals surface area (Å²) in [6.07, 6.45) is 3.76. The van der Waals surface area contributed by atoms with Crippen molar-refractivity contribution in [3.8, 4) is 0 Å². The highest BCUT2D eigenvalue weighted by molar-refractivity contribution is 4.93. The summed E-state index contributed by atoms with van der Waals surface area (Å²) < 4.78 is 0. The molecule has 14 heavy (non-hydrogen) atoms. The molecule has 1 N–H and O–H groups in total. The van der Waals surface area contributed by atoms with Crippen molar-refractivity contribution in [2.75, 3.05) is 13.1 Å². The lowest BCUT2D eigenvalue weighted by atomic mass is 9.74. The van der Waals surface area contributed by atoms with Crippen molar-refractivity contribution in [2.24, 2.45) is 11.8 Å². The summed E-state index contributed by atoms with van der Waals surface area (Å²) in [6, 6.07) is 0. The molecule has 82 valence electrons. The molecule has 2 fully saturated rings. The zero-order chi connectivity index (χ0) is 10.3. The van der Waals surface area contributed by atoms with Gasteiger partial charge < -0.3 is 5.11 Å². The van der Waals surface area contributed by atoms with E-state index < -0.39 is 0 Å². The Kier molecular flexibility index (Phi) is 2.61. The molecule has 0 unspecified atom stereocenters. The zero-order valence-corrected chi connectivity index (χ0v) is 9.66. The maximum absolute atomic E-state index is 10.0. The molecule has 1 heterocycles. The predicted molar refractivity (Wildman–Crippen MR) is 58.2 cm³/mol. The number of fused-ring (bicyclic) bond motifs is 2. The molecule has 0 spiro atoms. The van der Waals surface area contributed by atoms with Crippen LogP contribution in [0.5, 0.6) is 0 Å². The number of hydrogen-bond acceptors (Lipinski definition) is 2. The Morgan fingerprint density at radius 3 is 2.00 bits per heavy atom. The van der Waals surface area contributed by atoms with E-state index in [1.54, 1.807) is 0 Å². The van der Waals surface area contributed by atoms with Crippen LogP contribution < -0.4 is 0 Å². The quantitative estimate of drug-likeness (QED) is 0.641. The molecule has 2 bridgehead atoms. The Hall–Kier alpha value is -0.0800. The van der Waals surface area contributed by atoms with E-state index >= 15 is 0 Å². The maximum atomic E-state index is 10.0. The van der Waals surface area contributed by atoms with Gasteiger partial charge in [0.25, 0.3) is 0 Å². The van der Waals surface area contributed by atoms with Crippen LogP contribution in [-0.4, -0.2) is 34.7 Å². The zero-order valence-electron chi connectivity index (χ0n) is 9.66. The number of likely N-dealkylation sites (tertiary alicyclic amines) is 1. The molecule has 2 heteroatoms. The summed E-state index contributed by atoms with van der Waals surface area (Å²) in [5, 5.41) is 10.0. The van der Waals surface area contributed by atoms with Crippen molar-refractivity contribution in [1.82, 2.24) is 4.90 Å². The van der Waals surface area contributed by atoms with Crippen LogP contribution in [0.4, 0.5) is 0 Å². The highest BCUT2D eigenvalue weighted by atomic mass is 16.3. The summed E-state index contributed by atoms with van der Waals surface area (Å²) in [7, 11) is 0. The molecule has 2 aliphatic rings. The minimum Gasteiger partial charge on any atom is -0.392 e. The topological polar surface area (TPSA) is 23.5 Å². The standard InChI is InChI=1S/C12H23NO/c1-12(2,3)13-7-9-5-4-6-10(8-13)11(9)14/h9-11,14H,4-8H2,1-3H3/t9-,10-/m1/s1. The van der Waals surface area contributed by atoms with E-state index in [0.29, 0.717) is 11.8 Å². The van der Waals surface area contributed by atoms with Crippen molar-refractivity contribution >= 4 is 0 Å². The van der Waals surface area contributed by atoms with Crippen molar-refractivity contribution in [1.29, 1.82) is 0 Å². The van der Waals surface area contributed by atoms with Gasteiger partial charge in [0.15, 0.2) is 0 Å². The van der Waals surface area contributed by atoms with Gasteiger partial charge in [-0.25, -0.2) is 0 Å². The summed E-state index contributed by atoms with van der Waals surface area (Å²) in [5.74, 6) is 1.09. The maximum Gasteiger partial charge on any atom is 0.0620 e. The molecule has 1 saturated heterocycles. The molecule has 0 aromatic heterocycles. The van der Waals surface area contributed by atoms with Gasteiger partial charge in [0.2, 0.25) is 0 Å². The van der Waals surface area contributed by atoms with Crippen molar-refractivity contribution in [3.63, 3.8) is 0 Å². The van der Waals surface area contributed by atoms with Gasteiger partial charge in [-0.05, 0) is 45.4 Å². The third-order valence-corrected chi connectivity index (χ3v) is 3.97. The monoisotopic (exact) mass is 197 g/mol. The van der Waals surface area contributed by atoms with E-state index in [1.807, 2.05) is 0 Å². The minimum absolute atomic E-state index is 0.0117. The molecule has 0 aromatic carbocycles. The second-order valence-electron chi connectivity index (χ2n) is 6.02. The van der Waals surface area contributed by atoms with Crippen molar-refractivity contribution in [2.45, 2.75) is 51.7 Å². The van der Waals surface area contributed by atoms with Gasteiger partial charge >= 0.3 is 0 Å². The van der Waals surface area contributed by atoms with Gasteiger partial charge in [0.05, 0.1) is 6.10 Å². The second kappa shape index (κ2) is 3.49. The highest BCUT2D eigenvalue weighted by Crippen LogP contribution is 2.37. The fourth-order valence-corrected chi connectivity index (χ4v) is 2.96. The summed E-state index contributed by atoms with van der Waals surface area (Å²) in [6.45, 7) is 9.03. The Balaban J connectivity index is 2.08. The largest absolute Gasteiger partial charge is 0.392 e. The van der Waals surface area contributed by atoms with Crippen molar-refractivity contribution < 1.29 is 5.11 Å². The number of nitrogens with zero attached hydrogens (tertiary/aromatic N) is 1. The van der Waals surface area contributed by atoms with E-state index in [4.69, 9.17) is 0 Å². The van der Waals surface area contributed by atoms with Gasteiger partial charge in [-0.1, -0.05) is 6.42 Å². The van der Waals surface area contributed by atoms with Crippen LogP contribution in [-0.2, 0) is 0 Å². The molecule has 2 rings (SSSR count). The Morgan fingerprint density at radius 1 is 1.07 bits per heavy atom. The lowest BCUT2D eigenvalue weighted by Crippen LogP contribution is -2.56. The molecule has 2 nitrogen and oxygen atoms in total. The third-order valence-electron chi connectivity index (χ3n) is 3.97. The molecular formula is C12H23NO. The van der Waals surface area contributed by atoms with Crippen molar-refractivity contribution in [3.05, 3.63) is 0 Å². The second-order valence-corrected chi connectivity index (χ2v) is 6.02. The molecule has 2 atom stereocenters. The Bertz CT molecular complexity index is 195. The van der Waals surface area contributed by atoms with E-state index in [9.17, 15) is 5.11 Å². The summed E-state index contributed by atoms with van der Waals surface area (Å²) >= 11 is 0. The first-order valence-electron chi connectivity index (χ1n) is 5.91. The molecule has 0 amide bonds. The highest BCUT2D eigenvalue weighted by Gasteiger charge is 2.40. The van der Waals surface area contributed by atoms with Crippen LogP contribution in [0.3, 0.4) is 0 Å². The average Bonchev–Trinajstić information content (AvgIpc) is 2.00. The van der Waals surface area contributed by atoms with E-state index in [1.165, 1.54) is 19.3 Å². The van der Waals surface area contributed by atoms with Gasteiger partial charge in [0.1, 0.15) is 0 Å². The minimum atomic E-state index is -0.0117.